The molecule has 0 aromatic heterocycles. The van der Waals surface area contributed by atoms with Gasteiger partial charge < -0.3 is 15.4 Å². The van der Waals surface area contributed by atoms with Crippen molar-refractivity contribution in [2.45, 2.75) is 32.9 Å². The van der Waals surface area contributed by atoms with Crippen molar-refractivity contribution in [2.75, 3.05) is 7.11 Å². The lowest BCUT2D eigenvalue weighted by Crippen LogP contribution is -2.40. The smallest absolute Gasteiger partial charge is 0.166 e. The SMILES string of the molecule is COc1cccc(C(C)NC(=S)NC(C)C)c1. The van der Waals surface area contributed by atoms with Crippen molar-refractivity contribution in [2.24, 2.45) is 0 Å². The van der Waals surface area contributed by atoms with Crippen LogP contribution in [0.4, 0.5) is 0 Å². The molecule has 0 saturated heterocycles. The molecule has 2 N–H and O–H groups in total. The minimum absolute atomic E-state index is 0.156. The van der Waals surface area contributed by atoms with Crippen molar-refractivity contribution in [3.63, 3.8) is 0 Å². The monoisotopic (exact) mass is 252 g/mol. The van der Waals surface area contributed by atoms with E-state index in [4.69, 9.17) is 17.0 Å². The van der Waals surface area contributed by atoms with Crippen LogP contribution in [0.25, 0.3) is 0 Å². The van der Waals surface area contributed by atoms with Crippen molar-refractivity contribution < 1.29 is 4.74 Å². The number of methoxy groups -OCH3 is 1. The van der Waals surface area contributed by atoms with E-state index in [0.717, 1.165) is 11.3 Å². The number of hydrogen-bond acceptors (Lipinski definition) is 2. The van der Waals surface area contributed by atoms with Crippen molar-refractivity contribution in [3.05, 3.63) is 29.8 Å². The molecule has 0 saturated carbocycles. The van der Waals surface area contributed by atoms with E-state index in [1.807, 2.05) is 18.2 Å². The maximum absolute atomic E-state index is 5.21. The van der Waals surface area contributed by atoms with Crippen molar-refractivity contribution in [1.82, 2.24) is 10.6 Å². The standard InChI is InChI=1S/C13H20N2OS/c1-9(2)14-13(17)15-10(3)11-6-5-7-12(8-11)16-4/h5-10H,1-4H3,(H2,14,15,17). The first-order valence-corrected chi connectivity index (χ1v) is 6.14. The zero-order valence-corrected chi connectivity index (χ0v) is 11.6. The summed E-state index contributed by atoms with van der Waals surface area (Å²) in [7, 11) is 1.67. The molecule has 0 spiro atoms. The molecule has 0 aliphatic heterocycles. The van der Waals surface area contributed by atoms with Crippen LogP contribution in [0.2, 0.25) is 0 Å². The molecule has 0 bridgehead atoms. The molecule has 1 aromatic carbocycles. The lowest BCUT2D eigenvalue weighted by Gasteiger charge is -2.19. The van der Waals surface area contributed by atoms with Crippen LogP contribution in [0.15, 0.2) is 24.3 Å². The Kier molecular flexibility index (Phi) is 5.22. The van der Waals surface area contributed by atoms with Gasteiger partial charge in [0.1, 0.15) is 5.75 Å². The highest BCUT2D eigenvalue weighted by atomic mass is 32.1. The molecule has 17 heavy (non-hydrogen) atoms. The van der Waals surface area contributed by atoms with Crippen LogP contribution in [0, 0.1) is 0 Å². The Morgan fingerprint density at radius 3 is 2.53 bits per heavy atom. The summed E-state index contributed by atoms with van der Waals surface area (Å²) in [6.07, 6.45) is 0. The lowest BCUT2D eigenvalue weighted by molar-refractivity contribution is 0.413. The molecule has 0 aliphatic carbocycles. The largest absolute Gasteiger partial charge is 0.497 e. The van der Waals surface area contributed by atoms with Crippen molar-refractivity contribution in [3.8, 4) is 5.75 Å². The van der Waals surface area contributed by atoms with Gasteiger partial charge in [0.2, 0.25) is 0 Å². The highest BCUT2D eigenvalue weighted by Crippen LogP contribution is 2.18. The van der Waals surface area contributed by atoms with Crippen molar-refractivity contribution in [1.29, 1.82) is 0 Å². The van der Waals surface area contributed by atoms with Crippen LogP contribution in [0.5, 0.6) is 5.75 Å². The fraction of sp³-hybridized carbons (Fsp3) is 0.462. The summed E-state index contributed by atoms with van der Waals surface area (Å²) in [6, 6.07) is 8.47. The summed E-state index contributed by atoms with van der Waals surface area (Å²) in [4.78, 5) is 0. The average molecular weight is 252 g/mol. The Labute approximate surface area is 109 Å². The number of hydrogen-bond donors (Lipinski definition) is 2. The van der Waals surface area contributed by atoms with Gasteiger partial charge in [-0.15, -0.1) is 0 Å². The van der Waals surface area contributed by atoms with Gasteiger partial charge in [0.05, 0.1) is 13.2 Å². The average Bonchev–Trinajstić information content (AvgIpc) is 2.27. The Balaban J connectivity index is 2.62. The molecule has 94 valence electrons. The van der Waals surface area contributed by atoms with Gasteiger partial charge in [0.25, 0.3) is 0 Å². The molecule has 3 nitrogen and oxygen atoms in total. The molecule has 0 fully saturated rings. The molecule has 1 rings (SSSR count). The molecule has 0 aliphatic rings. The molecule has 0 amide bonds. The molecular formula is C13H20N2OS. The summed E-state index contributed by atoms with van der Waals surface area (Å²) in [5.74, 6) is 0.860. The highest BCUT2D eigenvalue weighted by molar-refractivity contribution is 7.80. The van der Waals surface area contributed by atoms with E-state index in [1.165, 1.54) is 0 Å². The number of nitrogens with one attached hydrogen (secondary N) is 2. The van der Waals surface area contributed by atoms with Gasteiger partial charge in [-0.2, -0.15) is 0 Å². The normalized spacial score (nSPS) is 12.1. The van der Waals surface area contributed by atoms with Crippen LogP contribution >= 0.6 is 12.2 Å². The first-order valence-electron chi connectivity index (χ1n) is 5.74. The third-order valence-electron chi connectivity index (χ3n) is 2.36. The summed E-state index contributed by atoms with van der Waals surface area (Å²) in [5, 5.41) is 7.08. The van der Waals surface area contributed by atoms with Crippen molar-refractivity contribution >= 4 is 17.3 Å². The minimum atomic E-state index is 0.156. The Bertz CT molecular complexity index is 379. The fourth-order valence-electron chi connectivity index (χ4n) is 1.49. The number of thiocarbonyl (C=S) groups is 1. The Morgan fingerprint density at radius 2 is 1.94 bits per heavy atom. The lowest BCUT2D eigenvalue weighted by atomic mass is 10.1. The van der Waals surface area contributed by atoms with E-state index in [-0.39, 0.29) is 6.04 Å². The summed E-state index contributed by atoms with van der Waals surface area (Å²) < 4.78 is 5.20. The third-order valence-corrected chi connectivity index (χ3v) is 2.60. The minimum Gasteiger partial charge on any atom is -0.497 e. The fourth-order valence-corrected chi connectivity index (χ4v) is 1.91. The topological polar surface area (TPSA) is 33.3 Å². The molecular weight excluding hydrogens is 232 g/mol. The zero-order chi connectivity index (χ0) is 12.8. The quantitative estimate of drug-likeness (QED) is 0.807. The summed E-state index contributed by atoms with van der Waals surface area (Å²) in [5.41, 5.74) is 1.15. The number of ether oxygens (including phenoxy) is 1. The van der Waals surface area contributed by atoms with Gasteiger partial charge in [-0.3, -0.25) is 0 Å². The van der Waals surface area contributed by atoms with Gasteiger partial charge in [0.15, 0.2) is 5.11 Å². The van der Waals surface area contributed by atoms with E-state index in [2.05, 4.69) is 37.5 Å². The second-order valence-corrected chi connectivity index (χ2v) is 4.68. The van der Waals surface area contributed by atoms with Crippen LogP contribution in [0.1, 0.15) is 32.4 Å². The zero-order valence-electron chi connectivity index (χ0n) is 10.8. The Hall–Kier alpha value is -1.29. The second-order valence-electron chi connectivity index (χ2n) is 4.27. The number of rotatable bonds is 4. The van der Waals surface area contributed by atoms with Gasteiger partial charge in [-0.25, -0.2) is 0 Å². The van der Waals surface area contributed by atoms with E-state index < -0.39 is 0 Å². The van der Waals surface area contributed by atoms with E-state index in [9.17, 15) is 0 Å². The molecule has 4 heteroatoms. The predicted octanol–water partition coefficient (Wildman–Crippen LogP) is 2.63. The Morgan fingerprint density at radius 1 is 1.24 bits per heavy atom. The van der Waals surface area contributed by atoms with Gasteiger partial charge >= 0.3 is 0 Å². The summed E-state index contributed by atoms with van der Waals surface area (Å²) in [6.45, 7) is 6.19. The molecule has 1 atom stereocenters. The first kappa shape index (κ1) is 13.8. The molecule has 1 aromatic rings. The highest BCUT2D eigenvalue weighted by Gasteiger charge is 2.08. The predicted molar refractivity (Wildman–Crippen MR) is 75.4 cm³/mol. The van der Waals surface area contributed by atoms with E-state index >= 15 is 0 Å². The maximum Gasteiger partial charge on any atom is 0.166 e. The van der Waals surface area contributed by atoms with Gasteiger partial charge in [0, 0.05) is 6.04 Å². The van der Waals surface area contributed by atoms with Gasteiger partial charge in [-0.05, 0) is 50.7 Å². The van der Waals surface area contributed by atoms with E-state index in [1.54, 1.807) is 7.11 Å². The maximum atomic E-state index is 5.21. The summed E-state index contributed by atoms with van der Waals surface area (Å²) >= 11 is 5.21. The molecule has 0 heterocycles. The van der Waals surface area contributed by atoms with E-state index in [0.29, 0.717) is 11.2 Å². The van der Waals surface area contributed by atoms with Crippen LogP contribution in [-0.2, 0) is 0 Å². The van der Waals surface area contributed by atoms with Crippen LogP contribution < -0.4 is 15.4 Å². The van der Waals surface area contributed by atoms with Crippen LogP contribution in [-0.4, -0.2) is 18.3 Å². The first-order chi connectivity index (χ1) is 8.02. The number of benzene rings is 1. The molecule has 0 radical (unpaired) electrons. The third kappa shape index (κ3) is 4.61. The second kappa shape index (κ2) is 6.45. The van der Waals surface area contributed by atoms with Crippen LogP contribution in [0.3, 0.4) is 0 Å². The molecule has 1 unspecified atom stereocenters. The van der Waals surface area contributed by atoms with Gasteiger partial charge in [-0.1, -0.05) is 12.1 Å².